The van der Waals surface area contributed by atoms with E-state index in [0.29, 0.717) is 12.1 Å². The Bertz CT molecular complexity index is 911. The van der Waals surface area contributed by atoms with E-state index < -0.39 is 0 Å². The molecule has 1 aliphatic heterocycles. The van der Waals surface area contributed by atoms with Gasteiger partial charge in [-0.3, -0.25) is 9.59 Å². The van der Waals surface area contributed by atoms with Gasteiger partial charge in [0.15, 0.2) is 0 Å². The number of carbonyl (C=O) groups excluding carboxylic acids is 2. The van der Waals surface area contributed by atoms with E-state index in [2.05, 4.69) is 20.9 Å². The van der Waals surface area contributed by atoms with Crippen molar-refractivity contribution in [3.8, 4) is 11.1 Å². The monoisotopic (exact) mass is 398 g/mol. The van der Waals surface area contributed by atoms with E-state index in [9.17, 15) is 9.18 Å². The summed E-state index contributed by atoms with van der Waals surface area (Å²) < 4.78 is 12.9. The first-order valence-corrected chi connectivity index (χ1v) is 9.51. The highest BCUT2D eigenvalue weighted by molar-refractivity contribution is 5.98. The zero-order chi connectivity index (χ0) is 21.1. The summed E-state index contributed by atoms with van der Waals surface area (Å²) >= 11 is 0. The van der Waals surface area contributed by atoms with Gasteiger partial charge in [0.05, 0.1) is 0 Å². The van der Waals surface area contributed by atoms with Crippen molar-refractivity contribution < 1.29 is 14.0 Å². The third kappa shape index (κ3) is 6.73. The van der Waals surface area contributed by atoms with Crippen LogP contribution in [0.15, 0.2) is 48.5 Å². The van der Waals surface area contributed by atoms with Crippen molar-refractivity contribution >= 4 is 23.2 Å². The maximum absolute atomic E-state index is 12.9. The van der Waals surface area contributed by atoms with Crippen LogP contribution in [0.4, 0.5) is 4.39 Å². The van der Waals surface area contributed by atoms with Gasteiger partial charge in [-0.15, -0.1) is 0 Å². The molecule has 0 spiro atoms. The first-order valence-electron chi connectivity index (χ1n) is 9.51. The summed E-state index contributed by atoms with van der Waals surface area (Å²) in [6.45, 7) is 2.50. The Morgan fingerprint density at radius 1 is 1.00 bits per heavy atom. The van der Waals surface area contributed by atoms with Gasteiger partial charge >= 0.3 is 0 Å². The molecule has 3 aromatic rings. The second-order valence-corrected chi connectivity index (χ2v) is 6.43. The molecule has 0 saturated carbocycles. The number of benzene rings is 2. The molecule has 1 aromatic heterocycles. The largest absolute Gasteiger partial charge is 0.362 e. The number of aromatic nitrogens is 1. The van der Waals surface area contributed by atoms with E-state index in [1.165, 1.54) is 38.1 Å². The zero-order valence-corrected chi connectivity index (χ0v) is 16.7. The Morgan fingerprint density at radius 3 is 2.14 bits per heavy atom. The average molecular weight is 398 g/mol. The molecule has 1 fully saturated rings. The summed E-state index contributed by atoms with van der Waals surface area (Å²) in [4.78, 5) is 23.7. The first kappa shape index (κ1) is 22.1. The highest BCUT2D eigenvalue weighted by Gasteiger charge is 2.08. The van der Waals surface area contributed by atoms with Crippen LogP contribution in [0.1, 0.15) is 23.3 Å². The van der Waals surface area contributed by atoms with Gasteiger partial charge in [-0.25, -0.2) is 4.39 Å². The lowest BCUT2D eigenvalue weighted by Gasteiger charge is -2.01. The van der Waals surface area contributed by atoms with E-state index in [1.54, 1.807) is 26.2 Å². The minimum absolute atomic E-state index is 0.149. The Balaban J connectivity index is 0.000000277. The smallest absolute Gasteiger partial charge is 0.267 e. The Kier molecular flexibility index (Phi) is 8.85. The van der Waals surface area contributed by atoms with E-state index in [4.69, 9.17) is 4.79 Å². The predicted octanol–water partition coefficient (Wildman–Crippen LogP) is 3.07. The number of halogens is 1. The molecular weight excluding hydrogens is 371 g/mol. The normalized spacial score (nSPS) is 12.2. The Labute approximate surface area is 169 Å². The second-order valence-electron chi connectivity index (χ2n) is 6.43. The molecule has 2 amide bonds. The molecule has 0 bridgehead atoms. The van der Waals surface area contributed by atoms with E-state index in [-0.39, 0.29) is 11.7 Å². The minimum Gasteiger partial charge on any atom is -0.362 e. The maximum atomic E-state index is 12.9. The summed E-state index contributed by atoms with van der Waals surface area (Å²) in [5.74, 6) is -0.402. The fraction of sp³-hybridized carbons (Fsp3) is 0.273. The fourth-order valence-electron chi connectivity index (χ4n) is 2.83. The Morgan fingerprint density at radius 2 is 1.62 bits per heavy atom. The average Bonchev–Trinajstić information content (AvgIpc) is 3.46. The molecule has 6 nitrogen and oxygen atoms in total. The van der Waals surface area contributed by atoms with Crippen LogP contribution in [0.5, 0.6) is 0 Å². The van der Waals surface area contributed by atoms with Gasteiger partial charge in [-0.1, -0.05) is 24.3 Å². The maximum Gasteiger partial charge on any atom is 0.267 e. The standard InChI is InChI=1S/C16H13FN2O.C4H9N.C2H5NO/c1-18-16(20)15-9-12-3-2-11(8-14(12)19-15)10-4-6-13(17)7-5-10;1-2-4-5-3-1;1-3-2-4/h2-9,19H,1H3,(H,18,20);5H,1-4H2;2H,1H3,(H,3,4). The zero-order valence-electron chi connectivity index (χ0n) is 16.7. The quantitative estimate of drug-likeness (QED) is 0.512. The minimum atomic E-state index is -0.253. The molecule has 7 heteroatoms. The van der Waals surface area contributed by atoms with Gasteiger partial charge in [0.1, 0.15) is 11.5 Å². The molecule has 2 aromatic carbocycles. The van der Waals surface area contributed by atoms with Crippen LogP contribution in [0.25, 0.3) is 22.0 Å². The third-order valence-corrected chi connectivity index (χ3v) is 4.35. The van der Waals surface area contributed by atoms with Gasteiger partial charge in [0.2, 0.25) is 6.41 Å². The van der Waals surface area contributed by atoms with Crippen molar-refractivity contribution in [3.63, 3.8) is 0 Å². The molecule has 1 aliphatic rings. The lowest BCUT2D eigenvalue weighted by Crippen LogP contribution is -2.17. The molecule has 4 rings (SSSR count). The summed E-state index contributed by atoms with van der Waals surface area (Å²) in [7, 11) is 3.16. The summed E-state index contributed by atoms with van der Waals surface area (Å²) in [5.41, 5.74) is 3.32. The predicted molar refractivity (Wildman–Crippen MR) is 114 cm³/mol. The van der Waals surface area contributed by atoms with Crippen LogP contribution >= 0.6 is 0 Å². The highest BCUT2D eigenvalue weighted by Crippen LogP contribution is 2.25. The first-order chi connectivity index (χ1) is 14.1. The lowest BCUT2D eigenvalue weighted by atomic mass is 10.0. The van der Waals surface area contributed by atoms with Gasteiger partial charge in [-0.05, 0) is 61.3 Å². The summed E-state index contributed by atoms with van der Waals surface area (Å²) in [6.07, 6.45) is 3.40. The number of hydrogen-bond donors (Lipinski definition) is 4. The van der Waals surface area contributed by atoms with Crippen LogP contribution in [0, 0.1) is 5.82 Å². The van der Waals surface area contributed by atoms with E-state index in [1.807, 2.05) is 24.3 Å². The fourth-order valence-corrected chi connectivity index (χ4v) is 2.83. The molecule has 154 valence electrons. The number of hydrogen-bond acceptors (Lipinski definition) is 3. The third-order valence-electron chi connectivity index (χ3n) is 4.35. The topological polar surface area (TPSA) is 86.0 Å². The molecule has 0 atom stereocenters. The number of aromatic amines is 1. The SMILES string of the molecule is C1CCNC1.CNC(=O)c1cc2ccc(-c3ccc(F)cc3)cc2[nH]1.CNC=O. The van der Waals surface area contributed by atoms with Gasteiger partial charge in [0, 0.05) is 25.0 Å². The molecular formula is C22H27FN4O2. The second kappa shape index (κ2) is 11.6. The number of fused-ring (bicyclic) bond motifs is 1. The van der Waals surface area contributed by atoms with Gasteiger partial charge in [0.25, 0.3) is 5.91 Å². The molecule has 0 aliphatic carbocycles. The van der Waals surface area contributed by atoms with E-state index in [0.717, 1.165) is 22.0 Å². The summed E-state index contributed by atoms with van der Waals surface area (Å²) in [5, 5.41) is 9.02. The number of amides is 2. The van der Waals surface area contributed by atoms with Crippen LogP contribution < -0.4 is 16.0 Å². The van der Waals surface area contributed by atoms with Crippen LogP contribution in [-0.4, -0.2) is 44.5 Å². The van der Waals surface area contributed by atoms with Crippen LogP contribution in [0.3, 0.4) is 0 Å². The lowest BCUT2D eigenvalue weighted by molar-refractivity contribution is -0.109. The van der Waals surface area contributed by atoms with Crippen molar-refractivity contribution in [3.05, 3.63) is 60.0 Å². The molecule has 0 unspecified atom stereocenters. The summed E-state index contributed by atoms with van der Waals surface area (Å²) in [6, 6.07) is 14.0. The van der Waals surface area contributed by atoms with Crippen molar-refractivity contribution in [2.75, 3.05) is 27.2 Å². The molecule has 2 heterocycles. The Hall–Kier alpha value is -3.19. The van der Waals surface area contributed by atoms with Gasteiger partial charge < -0.3 is 20.9 Å². The molecule has 4 N–H and O–H groups in total. The van der Waals surface area contributed by atoms with Crippen molar-refractivity contribution in [1.82, 2.24) is 20.9 Å². The number of H-pyrrole nitrogens is 1. The number of nitrogens with one attached hydrogen (secondary N) is 4. The number of carbonyl (C=O) groups is 2. The van der Waals surface area contributed by atoms with Crippen molar-refractivity contribution in [1.29, 1.82) is 0 Å². The van der Waals surface area contributed by atoms with Crippen LogP contribution in [-0.2, 0) is 4.79 Å². The molecule has 29 heavy (non-hydrogen) atoms. The van der Waals surface area contributed by atoms with Crippen molar-refractivity contribution in [2.24, 2.45) is 0 Å². The van der Waals surface area contributed by atoms with Crippen molar-refractivity contribution in [2.45, 2.75) is 12.8 Å². The highest BCUT2D eigenvalue weighted by atomic mass is 19.1. The molecule has 0 radical (unpaired) electrons. The number of rotatable bonds is 3. The molecule has 1 saturated heterocycles. The van der Waals surface area contributed by atoms with E-state index >= 15 is 0 Å². The van der Waals surface area contributed by atoms with Gasteiger partial charge in [-0.2, -0.15) is 0 Å². The van der Waals surface area contributed by atoms with Crippen LogP contribution in [0.2, 0.25) is 0 Å².